The Morgan fingerprint density at radius 1 is 1.19 bits per heavy atom. The van der Waals surface area contributed by atoms with Crippen molar-refractivity contribution in [3.05, 3.63) is 46.8 Å². The Hall–Kier alpha value is -2.31. The van der Waals surface area contributed by atoms with Gasteiger partial charge in [-0.3, -0.25) is 0 Å². The lowest BCUT2D eigenvalue weighted by atomic mass is 9.83. The first kappa shape index (κ1) is 24.3. The Labute approximate surface area is 189 Å². The Morgan fingerprint density at radius 2 is 1.84 bits per heavy atom. The first-order valence-electron chi connectivity index (χ1n) is 11.5. The van der Waals surface area contributed by atoms with E-state index >= 15 is 8.78 Å². The molecule has 7 heteroatoms. The highest BCUT2D eigenvalue weighted by molar-refractivity contribution is 5.89. The molecule has 0 bridgehead atoms. The summed E-state index contributed by atoms with van der Waals surface area (Å²) in [6.45, 7) is 11.7. The van der Waals surface area contributed by atoms with Crippen molar-refractivity contribution in [3.8, 4) is 0 Å². The molecule has 0 saturated carbocycles. The number of aromatic nitrogens is 3. The van der Waals surface area contributed by atoms with Crippen LogP contribution in [0.5, 0.6) is 0 Å². The molecule has 0 spiro atoms. The topological polar surface area (TPSA) is 57.0 Å². The number of alkyl halides is 2. The van der Waals surface area contributed by atoms with E-state index < -0.39 is 23.3 Å². The third-order valence-electron chi connectivity index (χ3n) is 6.35. The van der Waals surface area contributed by atoms with Gasteiger partial charge in [-0.15, -0.1) is 5.10 Å². The number of esters is 1. The van der Waals surface area contributed by atoms with E-state index in [2.05, 4.69) is 10.3 Å². The monoisotopic (exact) mass is 447 g/mol. The van der Waals surface area contributed by atoms with Crippen LogP contribution in [0.2, 0.25) is 0 Å². The zero-order valence-corrected chi connectivity index (χ0v) is 20.0. The first-order chi connectivity index (χ1) is 14.9. The van der Waals surface area contributed by atoms with Gasteiger partial charge in [0, 0.05) is 5.92 Å². The molecule has 32 heavy (non-hydrogen) atoms. The highest BCUT2D eigenvalue weighted by atomic mass is 19.3. The van der Waals surface area contributed by atoms with Crippen LogP contribution < -0.4 is 0 Å². The van der Waals surface area contributed by atoms with E-state index in [-0.39, 0.29) is 24.1 Å². The molecule has 2 atom stereocenters. The molecule has 5 nitrogen and oxygen atoms in total. The number of ether oxygens (including phenoxy) is 1. The van der Waals surface area contributed by atoms with Crippen LogP contribution in [-0.2, 0) is 29.0 Å². The van der Waals surface area contributed by atoms with E-state index in [1.54, 1.807) is 28.9 Å². The van der Waals surface area contributed by atoms with Crippen molar-refractivity contribution in [1.82, 2.24) is 15.0 Å². The predicted octanol–water partition coefficient (Wildman–Crippen LogP) is 5.91. The number of rotatable bonds is 5. The number of benzene rings is 1. The summed E-state index contributed by atoms with van der Waals surface area (Å²) >= 11 is 0. The zero-order chi connectivity index (χ0) is 23.7. The van der Waals surface area contributed by atoms with Gasteiger partial charge in [0.2, 0.25) is 0 Å². The minimum Gasteiger partial charge on any atom is -0.459 e. The third-order valence-corrected chi connectivity index (χ3v) is 6.35. The number of hydrogen-bond acceptors (Lipinski definition) is 4. The summed E-state index contributed by atoms with van der Waals surface area (Å²) < 4.78 is 38.3. The van der Waals surface area contributed by atoms with Gasteiger partial charge >= 0.3 is 5.97 Å². The number of nitrogens with zero attached hydrogens (tertiary/aromatic N) is 3. The van der Waals surface area contributed by atoms with E-state index in [0.29, 0.717) is 24.1 Å². The summed E-state index contributed by atoms with van der Waals surface area (Å²) in [7, 11) is 0. The zero-order valence-electron chi connectivity index (χ0n) is 20.0. The minimum absolute atomic E-state index is 0.181. The molecule has 1 aromatic carbocycles. The molecule has 1 aromatic heterocycles. The molecule has 0 radical (unpaired) electrons. The third kappa shape index (κ3) is 5.18. The molecule has 0 amide bonds. The van der Waals surface area contributed by atoms with Gasteiger partial charge < -0.3 is 4.74 Å². The molecule has 0 aliphatic heterocycles. The highest BCUT2D eigenvalue weighted by Crippen LogP contribution is 2.43. The van der Waals surface area contributed by atoms with E-state index in [1.807, 2.05) is 41.5 Å². The lowest BCUT2D eigenvalue weighted by Crippen LogP contribution is -2.32. The first-order valence-corrected chi connectivity index (χ1v) is 11.5. The Bertz CT molecular complexity index is 930. The number of carbonyl (C=O) groups excluding carboxylic acids is 1. The molecule has 1 aliphatic carbocycles. The summed E-state index contributed by atoms with van der Waals surface area (Å²) in [5.74, 6) is -4.10. The summed E-state index contributed by atoms with van der Waals surface area (Å²) in [5.41, 5.74) is 1.17. The number of carbonyl (C=O) groups is 1. The maximum absolute atomic E-state index is 15.6. The average molecular weight is 448 g/mol. The fraction of sp³-hybridized carbons (Fsp3) is 0.640. The standard InChI is InChI=1S/C25H35F2N3O2/c1-16(2)17(3)32-23(31)19-13-11-18(12-14-19)15-20-9-7-8-10-21-22(25(20,26)27)28-29-30(21)24(4,5)6/h11-14,16-17,20H,7-10,15H2,1-6H3. The van der Waals surface area contributed by atoms with Gasteiger partial charge in [0.15, 0.2) is 5.69 Å². The van der Waals surface area contributed by atoms with Crippen LogP contribution in [0.3, 0.4) is 0 Å². The van der Waals surface area contributed by atoms with Gasteiger partial charge in [-0.2, -0.15) is 8.78 Å². The molecule has 0 fully saturated rings. The van der Waals surface area contributed by atoms with Gasteiger partial charge in [0.25, 0.3) is 5.92 Å². The quantitative estimate of drug-likeness (QED) is 0.535. The van der Waals surface area contributed by atoms with Crippen LogP contribution in [0.25, 0.3) is 0 Å². The summed E-state index contributed by atoms with van der Waals surface area (Å²) in [6, 6.07) is 6.82. The normalized spacial score (nSPS) is 19.7. The van der Waals surface area contributed by atoms with Gasteiger partial charge in [-0.05, 0) is 77.0 Å². The smallest absolute Gasteiger partial charge is 0.338 e. The van der Waals surface area contributed by atoms with Crippen molar-refractivity contribution in [2.45, 2.75) is 91.2 Å². The van der Waals surface area contributed by atoms with E-state index in [4.69, 9.17) is 4.74 Å². The molecule has 3 rings (SSSR count). The van der Waals surface area contributed by atoms with Crippen molar-refractivity contribution in [2.75, 3.05) is 0 Å². The maximum Gasteiger partial charge on any atom is 0.338 e. The summed E-state index contributed by atoms with van der Waals surface area (Å²) in [4.78, 5) is 12.3. The van der Waals surface area contributed by atoms with Crippen molar-refractivity contribution < 1.29 is 18.3 Å². The average Bonchev–Trinajstić information content (AvgIpc) is 3.14. The molecular weight excluding hydrogens is 412 g/mol. The van der Waals surface area contributed by atoms with E-state index in [9.17, 15) is 4.79 Å². The van der Waals surface area contributed by atoms with Gasteiger partial charge in [-0.25, -0.2) is 9.48 Å². The fourth-order valence-electron chi connectivity index (χ4n) is 4.05. The van der Waals surface area contributed by atoms with Crippen molar-refractivity contribution in [1.29, 1.82) is 0 Å². The molecule has 176 valence electrons. The number of hydrogen-bond donors (Lipinski definition) is 0. The van der Waals surface area contributed by atoms with Gasteiger partial charge in [0.1, 0.15) is 6.10 Å². The lowest BCUT2D eigenvalue weighted by Gasteiger charge is -2.29. The van der Waals surface area contributed by atoms with E-state index in [0.717, 1.165) is 18.4 Å². The maximum atomic E-state index is 15.6. The van der Waals surface area contributed by atoms with Crippen molar-refractivity contribution >= 4 is 5.97 Å². The van der Waals surface area contributed by atoms with Gasteiger partial charge in [0.05, 0.1) is 16.8 Å². The molecule has 1 heterocycles. The second kappa shape index (κ2) is 9.28. The SMILES string of the molecule is CC(C)C(C)OC(=O)c1ccc(CC2CCCCc3c(nnn3C(C)(C)C)C2(F)F)cc1. The minimum atomic E-state index is -3.07. The molecule has 1 aliphatic rings. The van der Waals surface area contributed by atoms with E-state index in [1.165, 1.54) is 0 Å². The van der Waals surface area contributed by atoms with Crippen LogP contribution in [0, 0.1) is 11.8 Å². The van der Waals surface area contributed by atoms with Crippen LogP contribution >= 0.6 is 0 Å². The highest BCUT2D eigenvalue weighted by Gasteiger charge is 2.47. The molecule has 2 aromatic rings. The number of halogens is 2. The van der Waals surface area contributed by atoms with Crippen LogP contribution in [0.15, 0.2) is 24.3 Å². The summed E-state index contributed by atoms with van der Waals surface area (Å²) in [5, 5.41) is 8.04. The Kier molecular flexibility index (Phi) is 7.06. The second-order valence-electron chi connectivity index (χ2n) is 10.3. The molecule has 0 N–H and O–H groups in total. The molecule has 2 unspecified atom stereocenters. The van der Waals surface area contributed by atoms with Crippen molar-refractivity contribution in [2.24, 2.45) is 11.8 Å². The van der Waals surface area contributed by atoms with Gasteiger partial charge in [-0.1, -0.05) is 37.6 Å². The Morgan fingerprint density at radius 3 is 2.44 bits per heavy atom. The second-order valence-corrected chi connectivity index (χ2v) is 10.3. The largest absolute Gasteiger partial charge is 0.459 e. The van der Waals surface area contributed by atoms with Crippen molar-refractivity contribution in [3.63, 3.8) is 0 Å². The fourth-order valence-corrected chi connectivity index (χ4v) is 4.05. The summed E-state index contributed by atoms with van der Waals surface area (Å²) in [6.07, 6.45) is 2.57. The number of fused-ring (bicyclic) bond motifs is 1. The van der Waals surface area contributed by atoms with Crippen LogP contribution in [0.1, 0.15) is 88.1 Å². The Balaban J connectivity index is 1.80. The van der Waals surface area contributed by atoms with Crippen LogP contribution in [0.4, 0.5) is 8.78 Å². The molecular formula is C25H35F2N3O2. The van der Waals surface area contributed by atoms with Crippen LogP contribution in [-0.4, -0.2) is 27.1 Å². The molecule has 0 saturated heterocycles. The predicted molar refractivity (Wildman–Crippen MR) is 120 cm³/mol. The lowest BCUT2D eigenvalue weighted by molar-refractivity contribution is -0.0751.